The van der Waals surface area contributed by atoms with Crippen molar-refractivity contribution in [1.82, 2.24) is 9.27 Å². The van der Waals surface area contributed by atoms with Gasteiger partial charge in [-0.2, -0.15) is 4.37 Å². The molecule has 0 aliphatic carbocycles. The number of anilines is 2. The number of carbonyl (C=O) groups excluding carboxylic acids is 1. The van der Waals surface area contributed by atoms with Crippen molar-refractivity contribution in [1.29, 1.82) is 0 Å². The average molecular weight is 298 g/mol. The summed E-state index contributed by atoms with van der Waals surface area (Å²) < 4.78 is 4.16. The second-order valence-corrected chi connectivity index (χ2v) is 6.45. The highest BCUT2D eigenvalue weighted by Crippen LogP contribution is 2.33. The standard InChI is InChI=1S/C12H18N4O3S/c1-6-8-10(20-15-6)13-5-7(9(17)14-8)16(11(18)19)12(2,3)4/h7,13H,5H2,1-4H3,(H,14,17)(H,18,19)/t7-/m0/s1. The molecule has 1 aliphatic heterocycles. The van der Waals surface area contributed by atoms with Gasteiger partial charge in [0.15, 0.2) is 0 Å². The van der Waals surface area contributed by atoms with Crippen molar-refractivity contribution < 1.29 is 14.7 Å². The van der Waals surface area contributed by atoms with Crippen molar-refractivity contribution in [2.24, 2.45) is 0 Å². The second kappa shape index (κ2) is 4.93. The van der Waals surface area contributed by atoms with Gasteiger partial charge in [0, 0.05) is 12.1 Å². The van der Waals surface area contributed by atoms with Gasteiger partial charge in [-0.1, -0.05) is 0 Å². The Morgan fingerprint density at radius 3 is 2.70 bits per heavy atom. The Balaban J connectivity index is 2.32. The number of hydrogen-bond donors (Lipinski definition) is 3. The maximum atomic E-state index is 12.3. The molecule has 1 aromatic rings. The Bertz CT molecular complexity index is 549. The lowest BCUT2D eigenvalue weighted by atomic mass is 10.0. The summed E-state index contributed by atoms with van der Waals surface area (Å²) >= 11 is 1.26. The minimum Gasteiger partial charge on any atom is -0.465 e. The minimum absolute atomic E-state index is 0.226. The van der Waals surface area contributed by atoms with Crippen LogP contribution in [0.15, 0.2) is 0 Å². The quantitative estimate of drug-likeness (QED) is 0.737. The van der Waals surface area contributed by atoms with Crippen LogP contribution in [0.4, 0.5) is 15.5 Å². The molecule has 0 aromatic carbocycles. The molecule has 0 saturated carbocycles. The van der Waals surface area contributed by atoms with Crippen LogP contribution in [0.3, 0.4) is 0 Å². The minimum atomic E-state index is -1.11. The van der Waals surface area contributed by atoms with Gasteiger partial charge < -0.3 is 15.7 Å². The molecule has 0 spiro atoms. The fraction of sp³-hybridized carbons (Fsp3) is 0.583. The van der Waals surface area contributed by atoms with E-state index in [1.54, 1.807) is 27.7 Å². The number of carboxylic acid groups (broad SMARTS) is 1. The third kappa shape index (κ3) is 2.55. The fourth-order valence-corrected chi connectivity index (χ4v) is 2.98. The molecule has 2 heterocycles. The van der Waals surface area contributed by atoms with E-state index in [1.807, 2.05) is 0 Å². The molecule has 8 heteroatoms. The smallest absolute Gasteiger partial charge is 0.408 e. The van der Waals surface area contributed by atoms with E-state index in [-0.39, 0.29) is 12.5 Å². The number of amides is 2. The van der Waals surface area contributed by atoms with Crippen LogP contribution < -0.4 is 10.6 Å². The Kier molecular flexibility index (Phi) is 3.59. The number of carbonyl (C=O) groups is 2. The van der Waals surface area contributed by atoms with Gasteiger partial charge in [0.25, 0.3) is 0 Å². The SMILES string of the molecule is Cc1nsc2c1NC(=O)[C@@H](N(C(=O)O)C(C)(C)C)CN2. The predicted molar refractivity (Wildman–Crippen MR) is 77.4 cm³/mol. The maximum absolute atomic E-state index is 12.3. The van der Waals surface area contributed by atoms with Crippen LogP contribution in [0, 0.1) is 6.92 Å². The Morgan fingerprint density at radius 1 is 1.50 bits per heavy atom. The number of nitrogens with zero attached hydrogens (tertiary/aromatic N) is 2. The first-order valence-corrected chi connectivity index (χ1v) is 7.02. The van der Waals surface area contributed by atoms with Gasteiger partial charge in [-0.15, -0.1) is 0 Å². The average Bonchev–Trinajstić information content (AvgIpc) is 2.54. The largest absolute Gasteiger partial charge is 0.465 e. The van der Waals surface area contributed by atoms with Gasteiger partial charge in [-0.05, 0) is 39.2 Å². The molecule has 2 rings (SSSR count). The Hall–Kier alpha value is -1.83. The summed E-state index contributed by atoms with van der Waals surface area (Å²) in [6, 6.07) is -0.786. The van der Waals surface area contributed by atoms with Gasteiger partial charge >= 0.3 is 6.09 Å². The van der Waals surface area contributed by atoms with E-state index < -0.39 is 17.7 Å². The molecule has 0 saturated heterocycles. The van der Waals surface area contributed by atoms with Crippen molar-refractivity contribution in [3.8, 4) is 0 Å². The summed E-state index contributed by atoms with van der Waals surface area (Å²) in [6.07, 6.45) is -1.11. The lowest BCUT2D eigenvalue weighted by Crippen LogP contribution is -2.57. The van der Waals surface area contributed by atoms with Gasteiger partial charge in [0.2, 0.25) is 5.91 Å². The van der Waals surface area contributed by atoms with Crippen molar-refractivity contribution in [3.63, 3.8) is 0 Å². The predicted octanol–water partition coefficient (Wildman–Crippen LogP) is 1.96. The van der Waals surface area contributed by atoms with Crippen LogP contribution in [0.25, 0.3) is 0 Å². The zero-order valence-electron chi connectivity index (χ0n) is 11.9. The summed E-state index contributed by atoms with van der Waals surface area (Å²) in [5.74, 6) is -0.336. The molecule has 7 nitrogen and oxygen atoms in total. The first-order chi connectivity index (χ1) is 9.21. The van der Waals surface area contributed by atoms with Gasteiger partial charge in [0.1, 0.15) is 11.0 Å². The number of hydrogen-bond acceptors (Lipinski definition) is 5. The van der Waals surface area contributed by atoms with Gasteiger partial charge in [-0.25, -0.2) is 4.79 Å². The third-order valence-electron chi connectivity index (χ3n) is 3.11. The summed E-state index contributed by atoms with van der Waals surface area (Å²) in [5.41, 5.74) is 0.700. The van der Waals surface area contributed by atoms with Crippen molar-refractivity contribution in [2.75, 3.05) is 17.2 Å². The molecule has 110 valence electrons. The topological polar surface area (TPSA) is 94.6 Å². The van der Waals surface area contributed by atoms with Gasteiger partial charge in [-0.3, -0.25) is 9.69 Å². The lowest BCUT2D eigenvalue weighted by Gasteiger charge is -2.38. The number of nitrogens with one attached hydrogen (secondary N) is 2. The lowest BCUT2D eigenvalue weighted by molar-refractivity contribution is -0.121. The molecule has 0 fully saturated rings. The van der Waals surface area contributed by atoms with E-state index in [9.17, 15) is 14.7 Å². The zero-order valence-corrected chi connectivity index (χ0v) is 12.7. The van der Waals surface area contributed by atoms with Crippen LogP contribution in [0.5, 0.6) is 0 Å². The fourth-order valence-electron chi connectivity index (χ4n) is 2.22. The summed E-state index contributed by atoms with van der Waals surface area (Å²) in [5, 5.41) is 16.0. The van der Waals surface area contributed by atoms with Crippen LogP contribution in [-0.2, 0) is 4.79 Å². The molecule has 2 amide bonds. The molecule has 0 unspecified atom stereocenters. The maximum Gasteiger partial charge on any atom is 0.408 e. The van der Waals surface area contributed by atoms with Crippen LogP contribution in [0.1, 0.15) is 26.5 Å². The highest BCUT2D eigenvalue weighted by atomic mass is 32.1. The van der Waals surface area contributed by atoms with Crippen LogP contribution >= 0.6 is 11.5 Å². The summed E-state index contributed by atoms with van der Waals surface area (Å²) in [6.45, 7) is 7.33. The number of aryl methyl sites for hydroxylation is 1. The molecule has 1 atom stereocenters. The van der Waals surface area contributed by atoms with E-state index in [0.717, 1.165) is 10.7 Å². The normalized spacial score (nSPS) is 18.6. The second-order valence-electron chi connectivity index (χ2n) is 5.68. The molecule has 0 radical (unpaired) electrons. The Labute approximate surface area is 121 Å². The van der Waals surface area contributed by atoms with E-state index in [2.05, 4.69) is 15.0 Å². The van der Waals surface area contributed by atoms with E-state index in [0.29, 0.717) is 5.69 Å². The molecular formula is C12H18N4O3S. The molecule has 3 N–H and O–H groups in total. The van der Waals surface area contributed by atoms with Crippen molar-refractivity contribution >= 4 is 34.2 Å². The van der Waals surface area contributed by atoms with Crippen LogP contribution in [0.2, 0.25) is 0 Å². The zero-order chi connectivity index (χ0) is 15.1. The number of rotatable bonds is 1. The van der Waals surface area contributed by atoms with Crippen molar-refractivity contribution in [2.45, 2.75) is 39.3 Å². The number of fused-ring (bicyclic) bond motifs is 1. The van der Waals surface area contributed by atoms with E-state index >= 15 is 0 Å². The van der Waals surface area contributed by atoms with E-state index in [1.165, 1.54) is 16.4 Å². The highest BCUT2D eigenvalue weighted by Gasteiger charge is 2.39. The first kappa shape index (κ1) is 14.6. The monoisotopic (exact) mass is 298 g/mol. The third-order valence-corrected chi connectivity index (χ3v) is 4.01. The molecule has 1 aromatic heterocycles. The number of aromatic nitrogens is 1. The molecule has 20 heavy (non-hydrogen) atoms. The van der Waals surface area contributed by atoms with Gasteiger partial charge in [0.05, 0.1) is 11.4 Å². The van der Waals surface area contributed by atoms with Crippen molar-refractivity contribution in [3.05, 3.63) is 5.69 Å². The first-order valence-electron chi connectivity index (χ1n) is 6.25. The van der Waals surface area contributed by atoms with E-state index in [4.69, 9.17) is 0 Å². The summed E-state index contributed by atoms with van der Waals surface area (Å²) in [7, 11) is 0. The molecule has 0 bridgehead atoms. The molecular weight excluding hydrogens is 280 g/mol. The van der Waals surface area contributed by atoms with Crippen LogP contribution in [-0.4, -0.2) is 44.5 Å². The summed E-state index contributed by atoms with van der Waals surface area (Å²) in [4.78, 5) is 25.0. The molecule has 1 aliphatic rings. The Morgan fingerprint density at radius 2 is 2.15 bits per heavy atom. The highest BCUT2D eigenvalue weighted by molar-refractivity contribution is 7.11.